The predicted molar refractivity (Wildman–Crippen MR) is 106 cm³/mol. The van der Waals surface area contributed by atoms with E-state index in [9.17, 15) is 4.79 Å². The van der Waals surface area contributed by atoms with Gasteiger partial charge in [0.2, 0.25) is 0 Å². The number of rotatable bonds is 5. The van der Waals surface area contributed by atoms with Crippen molar-refractivity contribution in [1.29, 1.82) is 0 Å². The number of amides is 2. The van der Waals surface area contributed by atoms with Crippen LogP contribution in [-0.2, 0) is 19.4 Å². The lowest BCUT2D eigenvalue weighted by atomic mass is 10.1. The summed E-state index contributed by atoms with van der Waals surface area (Å²) in [5.41, 5.74) is 2.99. The fraction of sp³-hybridized carbons (Fsp3) is 0.524. The number of aryl methyl sites for hydroxylation is 1. The summed E-state index contributed by atoms with van der Waals surface area (Å²) < 4.78 is 1.90. The zero-order valence-corrected chi connectivity index (χ0v) is 16.1. The maximum absolute atomic E-state index is 12.6. The normalized spacial score (nSPS) is 19.1. The molecule has 0 bridgehead atoms. The summed E-state index contributed by atoms with van der Waals surface area (Å²) in [5, 5.41) is 7.34. The smallest absolute Gasteiger partial charge is 0.317 e. The third kappa shape index (κ3) is 4.33. The molecule has 0 radical (unpaired) electrons. The average Bonchev–Trinajstić information content (AvgIpc) is 3.36. The Morgan fingerprint density at radius 2 is 1.85 bits per heavy atom. The Bertz CT molecular complexity index is 727. The number of aromatic nitrogens is 2. The minimum Gasteiger partial charge on any atom is -0.335 e. The van der Waals surface area contributed by atoms with Crippen molar-refractivity contribution in [2.75, 3.05) is 26.2 Å². The summed E-state index contributed by atoms with van der Waals surface area (Å²) in [4.78, 5) is 17.1. The van der Waals surface area contributed by atoms with Crippen LogP contribution < -0.4 is 5.32 Å². The lowest BCUT2D eigenvalue weighted by Crippen LogP contribution is -2.55. The molecule has 1 aromatic carbocycles. The van der Waals surface area contributed by atoms with Crippen LogP contribution in [0.2, 0.25) is 0 Å². The second-order valence-electron chi connectivity index (χ2n) is 7.76. The molecule has 0 saturated carbocycles. The predicted octanol–water partition coefficient (Wildman–Crippen LogP) is 2.16. The van der Waals surface area contributed by atoms with Gasteiger partial charge in [-0.1, -0.05) is 24.3 Å². The van der Waals surface area contributed by atoms with E-state index in [1.165, 1.54) is 11.1 Å². The summed E-state index contributed by atoms with van der Waals surface area (Å²) in [6, 6.07) is 11.5. The van der Waals surface area contributed by atoms with Crippen molar-refractivity contribution in [2.45, 2.75) is 44.8 Å². The van der Waals surface area contributed by atoms with Crippen molar-refractivity contribution in [3.63, 3.8) is 0 Å². The minimum absolute atomic E-state index is 0.0670. The number of nitrogens with zero attached hydrogens (tertiary/aromatic N) is 4. The third-order valence-electron chi connectivity index (χ3n) is 5.87. The minimum atomic E-state index is 0.0670. The van der Waals surface area contributed by atoms with Crippen LogP contribution >= 0.6 is 0 Å². The summed E-state index contributed by atoms with van der Waals surface area (Å²) >= 11 is 0. The highest BCUT2D eigenvalue weighted by molar-refractivity contribution is 5.74. The second kappa shape index (κ2) is 8.13. The fourth-order valence-corrected chi connectivity index (χ4v) is 4.22. The van der Waals surface area contributed by atoms with E-state index in [2.05, 4.69) is 46.5 Å². The van der Waals surface area contributed by atoms with Crippen LogP contribution in [0.5, 0.6) is 0 Å². The number of fused-ring (bicyclic) bond motifs is 1. The van der Waals surface area contributed by atoms with Gasteiger partial charge < -0.3 is 10.2 Å². The molecule has 2 amide bonds. The van der Waals surface area contributed by atoms with Crippen molar-refractivity contribution in [1.82, 2.24) is 24.9 Å². The fourth-order valence-electron chi connectivity index (χ4n) is 4.22. The molecular weight excluding hydrogens is 338 g/mol. The van der Waals surface area contributed by atoms with Crippen LogP contribution in [0.15, 0.2) is 42.7 Å². The van der Waals surface area contributed by atoms with Gasteiger partial charge in [-0.2, -0.15) is 5.10 Å². The van der Waals surface area contributed by atoms with Crippen molar-refractivity contribution in [2.24, 2.45) is 0 Å². The first kappa shape index (κ1) is 18.0. The maximum atomic E-state index is 12.6. The first-order chi connectivity index (χ1) is 13.2. The van der Waals surface area contributed by atoms with Crippen molar-refractivity contribution in [3.8, 4) is 0 Å². The number of hydrogen-bond acceptors (Lipinski definition) is 3. The first-order valence-electron chi connectivity index (χ1n) is 10.0. The number of urea groups is 1. The number of carbonyl (C=O) groups excluding carboxylic acids is 1. The Labute approximate surface area is 161 Å². The van der Waals surface area contributed by atoms with Gasteiger partial charge in [0.15, 0.2) is 0 Å². The van der Waals surface area contributed by atoms with Crippen LogP contribution in [0.4, 0.5) is 4.79 Å². The van der Waals surface area contributed by atoms with Crippen LogP contribution in [0.25, 0.3) is 0 Å². The van der Waals surface area contributed by atoms with Gasteiger partial charge in [0.05, 0.1) is 0 Å². The second-order valence-corrected chi connectivity index (χ2v) is 7.76. The molecular formula is C21H29N5O. The monoisotopic (exact) mass is 367 g/mol. The number of carbonyl (C=O) groups is 1. The van der Waals surface area contributed by atoms with Gasteiger partial charge in [-0.15, -0.1) is 0 Å². The number of benzene rings is 1. The van der Waals surface area contributed by atoms with E-state index < -0.39 is 0 Å². The van der Waals surface area contributed by atoms with E-state index in [0.717, 1.165) is 52.0 Å². The Morgan fingerprint density at radius 3 is 2.48 bits per heavy atom. The summed E-state index contributed by atoms with van der Waals surface area (Å²) in [5.74, 6) is 0. The molecule has 4 rings (SSSR count). The highest BCUT2D eigenvalue weighted by atomic mass is 16.2. The van der Waals surface area contributed by atoms with Crippen LogP contribution in [-0.4, -0.2) is 63.9 Å². The van der Waals surface area contributed by atoms with E-state index in [-0.39, 0.29) is 12.1 Å². The average molecular weight is 367 g/mol. The molecule has 1 fully saturated rings. The van der Waals surface area contributed by atoms with Gasteiger partial charge in [0.1, 0.15) is 0 Å². The molecule has 1 aromatic heterocycles. The molecule has 1 atom stereocenters. The molecule has 2 aromatic rings. The van der Waals surface area contributed by atoms with Gasteiger partial charge in [0.25, 0.3) is 0 Å². The zero-order chi connectivity index (χ0) is 18.6. The number of hydrogen-bond donors (Lipinski definition) is 1. The van der Waals surface area contributed by atoms with Gasteiger partial charge in [-0.05, 0) is 43.4 Å². The molecule has 2 heterocycles. The molecule has 6 heteroatoms. The Balaban J connectivity index is 1.20. The van der Waals surface area contributed by atoms with Gasteiger partial charge >= 0.3 is 6.03 Å². The van der Waals surface area contributed by atoms with E-state index in [4.69, 9.17) is 0 Å². The van der Waals surface area contributed by atoms with Crippen LogP contribution in [0.3, 0.4) is 0 Å². The van der Waals surface area contributed by atoms with Gasteiger partial charge in [-0.3, -0.25) is 9.58 Å². The quantitative estimate of drug-likeness (QED) is 0.881. The molecule has 144 valence electrons. The summed E-state index contributed by atoms with van der Waals surface area (Å²) in [6.07, 6.45) is 6.91. The van der Waals surface area contributed by atoms with E-state index in [0.29, 0.717) is 6.04 Å². The first-order valence-corrected chi connectivity index (χ1v) is 10.0. The zero-order valence-electron chi connectivity index (χ0n) is 16.1. The molecule has 1 aliphatic heterocycles. The Hall–Kier alpha value is -2.34. The van der Waals surface area contributed by atoms with E-state index in [1.54, 1.807) is 6.20 Å². The molecule has 27 heavy (non-hydrogen) atoms. The summed E-state index contributed by atoms with van der Waals surface area (Å²) in [6.45, 7) is 6.44. The largest absolute Gasteiger partial charge is 0.335 e. The molecule has 2 aliphatic rings. The highest BCUT2D eigenvalue weighted by Crippen LogP contribution is 2.26. The third-order valence-corrected chi connectivity index (χ3v) is 5.87. The number of nitrogens with one attached hydrogen (secondary N) is 1. The van der Waals surface area contributed by atoms with Crippen molar-refractivity contribution >= 4 is 6.03 Å². The van der Waals surface area contributed by atoms with Crippen molar-refractivity contribution < 1.29 is 4.79 Å². The lowest BCUT2D eigenvalue weighted by Gasteiger charge is -2.38. The molecule has 0 spiro atoms. The van der Waals surface area contributed by atoms with Crippen molar-refractivity contribution in [3.05, 3.63) is 53.9 Å². The highest BCUT2D eigenvalue weighted by Gasteiger charge is 2.30. The SMILES string of the molecule is CC(CCn1cccn1)NC(=O)N1CCN(C2Cc3ccccc3C2)CC1. The van der Waals surface area contributed by atoms with Crippen LogP contribution in [0, 0.1) is 0 Å². The molecule has 1 N–H and O–H groups in total. The maximum Gasteiger partial charge on any atom is 0.317 e. The standard InChI is InChI=1S/C21H29N5O/c1-17(7-10-26-9-4-8-22-26)23-21(27)25-13-11-24(12-14-25)20-15-18-5-2-3-6-19(18)16-20/h2-6,8-9,17,20H,7,10-16H2,1H3,(H,23,27). The van der Waals surface area contributed by atoms with E-state index >= 15 is 0 Å². The van der Waals surface area contributed by atoms with Gasteiger partial charge in [-0.25, -0.2) is 4.79 Å². The summed E-state index contributed by atoms with van der Waals surface area (Å²) in [7, 11) is 0. The topological polar surface area (TPSA) is 53.4 Å². The Morgan fingerprint density at radius 1 is 1.15 bits per heavy atom. The Kier molecular flexibility index (Phi) is 5.43. The molecule has 1 saturated heterocycles. The van der Waals surface area contributed by atoms with E-state index in [1.807, 2.05) is 21.8 Å². The lowest BCUT2D eigenvalue weighted by molar-refractivity contribution is 0.109. The van der Waals surface area contributed by atoms with Crippen LogP contribution in [0.1, 0.15) is 24.5 Å². The molecule has 1 aliphatic carbocycles. The molecule has 6 nitrogen and oxygen atoms in total. The van der Waals surface area contributed by atoms with Gasteiger partial charge in [0, 0.05) is 57.2 Å². The molecule has 1 unspecified atom stereocenters. The number of piperazine rings is 1.